The van der Waals surface area contributed by atoms with Gasteiger partial charge in [-0.05, 0) is 37.5 Å². The number of guanidine groups is 1. The van der Waals surface area contributed by atoms with Crippen molar-refractivity contribution in [3.63, 3.8) is 0 Å². The van der Waals surface area contributed by atoms with Gasteiger partial charge in [0.25, 0.3) is 0 Å². The van der Waals surface area contributed by atoms with Crippen LogP contribution in [0.25, 0.3) is 0 Å². The lowest BCUT2D eigenvalue weighted by Crippen LogP contribution is -2.38. The van der Waals surface area contributed by atoms with Gasteiger partial charge in [-0.1, -0.05) is 12.1 Å². The first-order chi connectivity index (χ1) is 13.3. The summed E-state index contributed by atoms with van der Waals surface area (Å²) >= 11 is 0. The van der Waals surface area contributed by atoms with E-state index < -0.39 is 0 Å². The molecule has 0 bridgehead atoms. The molecule has 1 aliphatic heterocycles. The van der Waals surface area contributed by atoms with Crippen LogP contribution < -0.4 is 16.0 Å². The number of methoxy groups -OCH3 is 1. The number of aliphatic imine (C=N–C) groups is 1. The van der Waals surface area contributed by atoms with E-state index in [0.29, 0.717) is 13.2 Å². The fourth-order valence-electron chi connectivity index (χ4n) is 2.71. The molecule has 1 aliphatic rings. The van der Waals surface area contributed by atoms with Crippen molar-refractivity contribution in [2.24, 2.45) is 4.99 Å². The van der Waals surface area contributed by atoms with Crippen LogP contribution in [-0.4, -0.2) is 65.2 Å². The molecule has 1 aromatic rings. The summed E-state index contributed by atoms with van der Waals surface area (Å²) in [7, 11) is 1.70. The Morgan fingerprint density at radius 2 is 2.04 bits per heavy atom. The average molecular weight is 379 g/mol. The molecule has 27 heavy (non-hydrogen) atoms. The van der Waals surface area contributed by atoms with Gasteiger partial charge in [0, 0.05) is 45.6 Å². The molecule has 1 unspecified atom stereocenters. The molecular formula is C20H34N4O3. The number of ether oxygens (including phenoxy) is 3. The van der Waals surface area contributed by atoms with Crippen molar-refractivity contribution in [2.75, 3.05) is 58.5 Å². The van der Waals surface area contributed by atoms with E-state index in [0.717, 1.165) is 63.9 Å². The molecule has 7 nitrogen and oxygen atoms in total. The van der Waals surface area contributed by atoms with Gasteiger partial charge in [-0.2, -0.15) is 0 Å². The number of anilines is 1. The highest BCUT2D eigenvalue weighted by Crippen LogP contribution is 2.10. The zero-order chi connectivity index (χ0) is 19.2. The van der Waals surface area contributed by atoms with Crippen LogP contribution in [0, 0.1) is 0 Å². The zero-order valence-corrected chi connectivity index (χ0v) is 16.6. The van der Waals surface area contributed by atoms with E-state index in [2.05, 4.69) is 52.1 Å². The summed E-state index contributed by atoms with van der Waals surface area (Å²) in [6, 6.07) is 8.34. The lowest BCUT2D eigenvalue weighted by atomic mass is 10.2. The SMILES string of the molecule is CCNC(=NCc1ccc(NCCOC)cc1)NCCCOC1CCOC1. The van der Waals surface area contributed by atoms with Gasteiger partial charge in [-0.15, -0.1) is 0 Å². The summed E-state index contributed by atoms with van der Waals surface area (Å²) in [5, 5.41) is 9.96. The number of hydrogen-bond acceptors (Lipinski definition) is 5. The van der Waals surface area contributed by atoms with Gasteiger partial charge in [0.05, 0.1) is 25.9 Å². The maximum Gasteiger partial charge on any atom is 0.191 e. The molecule has 3 N–H and O–H groups in total. The molecule has 0 spiro atoms. The minimum atomic E-state index is 0.277. The minimum absolute atomic E-state index is 0.277. The molecule has 0 amide bonds. The van der Waals surface area contributed by atoms with Crippen LogP contribution in [-0.2, 0) is 20.8 Å². The molecule has 0 saturated carbocycles. The molecule has 0 aromatic heterocycles. The fraction of sp³-hybridized carbons (Fsp3) is 0.650. The van der Waals surface area contributed by atoms with E-state index in [1.54, 1.807) is 7.11 Å². The Labute approximate surface area is 162 Å². The molecular weight excluding hydrogens is 344 g/mol. The van der Waals surface area contributed by atoms with Gasteiger partial charge in [0.1, 0.15) is 0 Å². The topological polar surface area (TPSA) is 76.1 Å². The van der Waals surface area contributed by atoms with Gasteiger partial charge in [0.15, 0.2) is 5.96 Å². The van der Waals surface area contributed by atoms with Crippen molar-refractivity contribution in [2.45, 2.75) is 32.4 Å². The lowest BCUT2D eigenvalue weighted by molar-refractivity contribution is 0.0420. The Kier molecular flexibility index (Phi) is 10.6. The molecule has 152 valence electrons. The summed E-state index contributed by atoms with van der Waals surface area (Å²) in [5.41, 5.74) is 2.27. The normalized spacial score (nSPS) is 17.1. The van der Waals surface area contributed by atoms with Gasteiger partial charge in [0.2, 0.25) is 0 Å². The Bertz CT molecular complexity index is 531. The summed E-state index contributed by atoms with van der Waals surface area (Å²) in [6.45, 7) is 8.19. The molecule has 2 rings (SSSR count). The van der Waals surface area contributed by atoms with Crippen LogP contribution in [0.3, 0.4) is 0 Å². The molecule has 1 heterocycles. The van der Waals surface area contributed by atoms with Crippen LogP contribution in [0.4, 0.5) is 5.69 Å². The van der Waals surface area contributed by atoms with Gasteiger partial charge in [-0.3, -0.25) is 0 Å². The van der Waals surface area contributed by atoms with Crippen molar-refractivity contribution in [1.29, 1.82) is 0 Å². The van der Waals surface area contributed by atoms with Crippen molar-refractivity contribution in [1.82, 2.24) is 10.6 Å². The second kappa shape index (κ2) is 13.4. The first kappa shape index (κ1) is 21.5. The Hall–Kier alpha value is -1.83. The highest BCUT2D eigenvalue weighted by Gasteiger charge is 2.15. The standard InChI is InChI=1S/C20H34N4O3/c1-3-21-20(23-10-4-12-27-19-9-13-26-16-19)24-15-17-5-7-18(8-6-17)22-11-14-25-2/h5-8,19,22H,3-4,9-16H2,1-2H3,(H2,21,23,24). The van der Waals surface area contributed by atoms with Crippen molar-refractivity contribution in [3.8, 4) is 0 Å². The Morgan fingerprint density at radius 3 is 2.74 bits per heavy atom. The van der Waals surface area contributed by atoms with Crippen LogP contribution in [0.2, 0.25) is 0 Å². The van der Waals surface area contributed by atoms with Crippen LogP contribution in [0.15, 0.2) is 29.3 Å². The lowest BCUT2D eigenvalue weighted by Gasteiger charge is -2.13. The second-order valence-electron chi connectivity index (χ2n) is 6.45. The second-order valence-corrected chi connectivity index (χ2v) is 6.45. The number of nitrogens with one attached hydrogen (secondary N) is 3. The summed E-state index contributed by atoms with van der Waals surface area (Å²) < 4.78 is 16.1. The van der Waals surface area contributed by atoms with Gasteiger partial charge in [-0.25, -0.2) is 4.99 Å². The highest BCUT2D eigenvalue weighted by atomic mass is 16.5. The third-order valence-corrected chi connectivity index (χ3v) is 4.21. The summed E-state index contributed by atoms with van der Waals surface area (Å²) in [5.74, 6) is 0.837. The smallest absolute Gasteiger partial charge is 0.191 e. The molecule has 1 aromatic carbocycles. The van der Waals surface area contributed by atoms with E-state index in [1.165, 1.54) is 5.56 Å². The number of benzene rings is 1. The summed E-state index contributed by atoms with van der Waals surface area (Å²) in [4.78, 5) is 4.66. The maximum absolute atomic E-state index is 5.78. The van der Waals surface area contributed by atoms with Gasteiger partial charge >= 0.3 is 0 Å². The predicted molar refractivity (Wildman–Crippen MR) is 109 cm³/mol. The predicted octanol–water partition coefficient (Wildman–Crippen LogP) is 2.00. The third kappa shape index (κ3) is 9.08. The summed E-state index contributed by atoms with van der Waals surface area (Å²) in [6.07, 6.45) is 2.24. The fourth-order valence-corrected chi connectivity index (χ4v) is 2.71. The van der Waals surface area contributed by atoms with E-state index in [1.807, 2.05) is 0 Å². The average Bonchev–Trinajstić information content (AvgIpc) is 3.20. The largest absolute Gasteiger partial charge is 0.383 e. The first-order valence-corrected chi connectivity index (χ1v) is 9.85. The van der Waals surface area contributed by atoms with E-state index in [4.69, 9.17) is 14.2 Å². The first-order valence-electron chi connectivity index (χ1n) is 9.85. The number of hydrogen-bond donors (Lipinski definition) is 3. The van der Waals surface area contributed by atoms with Gasteiger partial charge < -0.3 is 30.2 Å². The van der Waals surface area contributed by atoms with Crippen LogP contribution in [0.5, 0.6) is 0 Å². The molecule has 1 fully saturated rings. The zero-order valence-electron chi connectivity index (χ0n) is 16.6. The van der Waals surface area contributed by atoms with Crippen LogP contribution >= 0.6 is 0 Å². The van der Waals surface area contributed by atoms with Crippen LogP contribution in [0.1, 0.15) is 25.3 Å². The quantitative estimate of drug-likeness (QED) is 0.293. The minimum Gasteiger partial charge on any atom is -0.383 e. The molecule has 1 atom stereocenters. The third-order valence-electron chi connectivity index (χ3n) is 4.21. The van der Waals surface area contributed by atoms with E-state index in [-0.39, 0.29) is 6.10 Å². The Balaban J connectivity index is 1.68. The maximum atomic E-state index is 5.78. The molecule has 1 saturated heterocycles. The number of nitrogens with zero attached hydrogens (tertiary/aromatic N) is 1. The Morgan fingerprint density at radius 1 is 1.19 bits per heavy atom. The van der Waals surface area contributed by atoms with Crippen molar-refractivity contribution >= 4 is 11.6 Å². The van der Waals surface area contributed by atoms with Crippen molar-refractivity contribution < 1.29 is 14.2 Å². The highest BCUT2D eigenvalue weighted by molar-refractivity contribution is 5.79. The monoisotopic (exact) mass is 378 g/mol. The van der Waals surface area contributed by atoms with E-state index in [9.17, 15) is 0 Å². The number of rotatable bonds is 12. The van der Waals surface area contributed by atoms with E-state index >= 15 is 0 Å². The van der Waals surface area contributed by atoms with Crippen molar-refractivity contribution in [3.05, 3.63) is 29.8 Å². The molecule has 0 radical (unpaired) electrons. The molecule has 0 aliphatic carbocycles. The molecule has 7 heteroatoms.